The zero-order valence-electron chi connectivity index (χ0n) is 12.6. The van der Waals surface area contributed by atoms with Gasteiger partial charge in [0.05, 0.1) is 17.7 Å². The minimum absolute atomic E-state index is 0.0290. The number of piperidine rings is 1. The lowest BCUT2D eigenvalue weighted by Crippen LogP contribution is -2.43. The lowest BCUT2D eigenvalue weighted by Gasteiger charge is -2.26. The minimum Gasteiger partial charge on any atom is -0.478 e. The highest BCUT2D eigenvalue weighted by Crippen LogP contribution is 2.25. The molecule has 1 aliphatic rings. The van der Waals surface area contributed by atoms with Crippen LogP contribution in [-0.4, -0.2) is 39.4 Å². The molecule has 0 amide bonds. The van der Waals surface area contributed by atoms with Crippen LogP contribution >= 0.6 is 15.9 Å². The summed E-state index contributed by atoms with van der Waals surface area (Å²) in [7, 11) is 0. The number of aliphatic hydroxyl groups is 1. The van der Waals surface area contributed by atoms with E-state index in [0.717, 1.165) is 34.8 Å². The third-order valence-corrected chi connectivity index (χ3v) is 4.68. The van der Waals surface area contributed by atoms with Crippen LogP contribution in [0.25, 0.3) is 10.9 Å². The average molecular weight is 379 g/mol. The molecule has 3 rings (SSSR count). The van der Waals surface area contributed by atoms with E-state index in [2.05, 4.69) is 21.2 Å². The van der Waals surface area contributed by atoms with Crippen LogP contribution in [0.1, 0.15) is 23.2 Å². The smallest absolute Gasteiger partial charge is 0.337 e. The Morgan fingerprint density at radius 3 is 3.04 bits per heavy atom. The molecule has 6 heteroatoms. The Labute approximate surface area is 142 Å². The van der Waals surface area contributed by atoms with E-state index in [4.69, 9.17) is 0 Å². The van der Waals surface area contributed by atoms with E-state index in [0.29, 0.717) is 12.1 Å². The van der Waals surface area contributed by atoms with Crippen LogP contribution in [0.2, 0.25) is 0 Å². The molecular formula is C17H19BrN2O3. The van der Waals surface area contributed by atoms with Crippen LogP contribution in [0.15, 0.2) is 41.0 Å². The Bertz CT molecular complexity index is 754. The molecule has 5 nitrogen and oxygen atoms in total. The first-order chi connectivity index (χ1) is 11.1. The van der Waals surface area contributed by atoms with Gasteiger partial charge in [-0.05, 0) is 37.6 Å². The number of hydrogen-bond acceptors (Lipinski definition) is 3. The predicted octanol–water partition coefficient (Wildman–Crippen LogP) is 2.77. The third-order valence-electron chi connectivity index (χ3n) is 4.19. The number of hydrogen-bond donors (Lipinski definition) is 3. The van der Waals surface area contributed by atoms with Gasteiger partial charge in [-0.15, -0.1) is 0 Å². The summed E-state index contributed by atoms with van der Waals surface area (Å²) in [6.45, 7) is 1.48. The molecule has 1 aromatic carbocycles. The standard InChI is InChI=1S/C17H19BrN2O3/c18-11-5-6-15-12(9-11)13(17(22)23)10-20(15)8-2-3-14-16(21)4-1-7-19-14/h2-3,5-6,9-10,14,16,19,21H,1,4,7-8H2,(H,22,23)/b3-2+/t14-,16+/m1/s1. The summed E-state index contributed by atoms with van der Waals surface area (Å²) in [6, 6.07) is 5.61. The summed E-state index contributed by atoms with van der Waals surface area (Å²) in [5.74, 6) is -0.930. The Morgan fingerprint density at radius 2 is 2.30 bits per heavy atom. The number of benzene rings is 1. The van der Waals surface area contributed by atoms with Crippen LogP contribution in [0.4, 0.5) is 0 Å². The Hall–Kier alpha value is -1.63. The first kappa shape index (κ1) is 16.2. The van der Waals surface area contributed by atoms with Gasteiger partial charge >= 0.3 is 5.97 Å². The van der Waals surface area contributed by atoms with Gasteiger partial charge in [-0.1, -0.05) is 28.1 Å². The summed E-state index contributed by atoms with van der Waals surface area (Å²) in [5, 5.41) is 23.3. The molecule has 0 aliphatic carbocycles. The molecule has 0 radical (unpaired) electrons. The van der Waals surface area contributed by atoms with E-state index >= 15 is 0 Å². The van der Waals surface area contributed by atoms with E-state index in [9.17, 15) is 15.0 Å². The molecule has 122 valence electrons. The van der Waals surface area contributed by atoms with Crippen molar-refractivity contribution in [1.82, 2.24) is 9.88 Å². The molecule has 2 heterocycles. The molecule has 2 aromatic rings. The van der Waals surface area contributed by atoms with Crippen LogP contribution < -0.4 is 5.32 Å². The van der Waals surface area contributed by atoms with E-state index < -0.39 is 5.97 Å². The number of aromatic carboxylic acids is 1. The van der Waals surface area contributed by atoms with E-state index in [-0.39, 0.29) is 12.1 Å². The number of rotatable bonds is 4. The van der Waals surface area contributed by atoms with Gasteiger partial charge in [0.15, 0.2) is 0 Å². The van der Waals surface area contributed by atoms with Gasteiger partial charge in [0.2, 0.25) is 0 Å². The van der Waals surface area contributed by atoms with Gasteiger partial charge in [0, 0.05) is 28.1 Å². The Balaban J connectivity index is 1.84. The molecule has 1 fully saturated rings. The zero-order valence-corrected chi connectivity index (χ0v) is 14.2. The first-order valence-corrected chi connectivity index (χ1v) is 8.45. The van der Waals surface area contributed by atoms with Gasteiger partial charge in [-0.25, -0.2) is 4.79 Å². The molecule has 1 aliphatic heterocycles. The monoisotopic (exact) mass is 378 g/mol. The number of halogens is 1. The number of fused-ring (bicyclic) bond motifs is 1. The van der Waals surface area contributed by atoms with Crippen molar-refractivity contribution in [2.45, 2.75) is 31.5 Å². The summed E-state index contributed by atoms with van der Waals surface area (Å²) in [4.78, 5) is 11.4. The fourth-order valence-electron chi connectivity index (χ4n) is 3.00. The van der Waals surface area contributed by atoms with Crippen molar-refractivity contribution >= 4 is 32.8 Å². The number of nitrogens with one attached hydrogen (secondary N) is 1. The second-order valence-corrected chi connectivity index (χ2v) is 6.70. The molecule has 1 saturated heterocycles. The lowest BCUT2D eigenvalue weighted by atomic mass is 10.0. The topological polar surface area (TPSA) is 74.5 Å². The van der Waals surface area contributed by atoms with Gasteiger partial charge in [0.1, 0.15) is 0 Å². The second-order valence-electron chi connectivity index (χ2n) is 5.78. The lowest BCUT2D eigenvalue weighted by molar-refractivity contribution is 0.0699. The van der Waals surface area contributed by atoms with Crippen LogP contribution in [0, 0.1) is 0 Å². The highest BCUT2D eigenvalue weighted by atomic mass is 79.9. The van der Waals surface area contributed by atoms with Crippen molar-refractivity contribution in [3.8, 4) is 0 Å². The number of carbonyl (C=O) groups is 1. The second kappa shape index (κ2) is 6.86. The van der Waals surface area contributed by atoms with Gasteiger partial charge < -0.3 is 20.1 Å². The quantitative estimate of drug-likeness (QED) is 0.715. The van der Waals surface area contributed by atoms with Gasteiger partial charge in [-0.3, -0.25) is 0 Å². The van der Waals surface area contributed by atoms with Crippen molar-refractivity contribution in [2.75, 3.05) is 6.54 Å². The molecule has 0 bridgehead atoms. The predicted molar refractivity (Wildman–Crippen MR) is 92.8 cm³/mol. The van der Waals surface area contributed by atoms with E-state index in [1.807, 2.05) is 34.9 Å². The number of nitrogens with zero attached hydrogens (tertiary/aromatic N) is 1. The third kappa shape index (κ3) is 3.49. The van der Waals surface area contributed by atoms with E-state index in [1.165, 1.54) is 0 Å². The number of carboxylic acids is 1. The highest BCUT2D eigenvalue weighted by Gasteiger charge is 2.19. The summed E-state index contributed by atoms with van der Waals surface area (Å²) >= 11 is 3.38. The number of allylic oxidation sites excluding steroid dienone is 1. The molecule has 0 unspecified atom stereocenters. The number of carboxylic acid groups (broad SMARTS) is 1. The summed E-state index contributed by atoms with van der Waals surface area (Å²) in [5.41, 5.74) is 1.18. The summed E-state index contributed by atoms with van der Waals surface area (Å²) < 4.78 is 2.77. The van der Waals surface area contributed by atoms with Crippen LogP contribution in [0.5, 0.6) is 0 Å². The highest BCUT2D eigenvalue weighted by molar-refractivity contribution is 9.10. The Morgan fingerprint density at radius 1 is 1.48 bits per heavy atom. The Kier molecular flexibility index (Phi) is 4.84. The zero-order chi connectivity index (χ0) is 16.4. The maximum atomic E-state index is 11.4. The number of aliphatic hydroxyl groups excluding tert-OH is 1. The molecule has 23 heavy (non-hydrogen) atoms. The van der Waals surface area contributed by atoms with E-state index in [1.54, 1.807) is 6.20 Å². The molecule has 0 spiro atoms. The normalized spacial score (nSPS) is 22.0. The van der Waals surface area contributed by atoms with Crippen molar-refractivity contribution < 1.29 is 15.0 Å². The molecular weight excluding hydrogens is 360 g/mol. The molecule has 3 N–H and O–H groups in total. The largest absolute Gasteiger partial charge is 0.478 e. The van der Waals surface area contributed by atoms with Crippen LogP contribution in [-0.2, 0) is 6.54 Å². The molecule has 0 saturated carbocycles. The van der Waals surface area contributed by atoms with Crippen LogP contribution in [0.3, 0.4) is 0 Å². The van der Waals surface area contributed by atoms with Gasteiger partial charge in [-0.2, -0.15) is 0 Å². The maximum absolute atomic E-state index is 11.4. The van der Waals surface area contributed by atoms with Crippen molar-refractivity contribution in [3.63, 3.8) is 0 Å². The average Bonchev–Trinajstić information content (AvgIpc) is 2.87. The maximum Gasteiger partial charge on any atom is 0.337 e. The molecule has 2 atom stereocenters. The van der Waals surface area contributed by atoms with Crippen molar-refractivity contribution in [1.29, 1.82) is 0 Å². The van der Waals surface area contributed by atoms with Crippen molar-refractivity contribution in [3.05, 3.63) is 46.6 Å². The minimum atomic E-state index is -0.930. The molecule has 1 aromatic heterocycles. The fourth-order valence-corrected chi connectivity index (χ4v) is 3.36. The van der Waals surface area contributed by atoms with Gasteiger partial charge in [0.25, 0.3) is 0 Å². The SMILES string of the molecule is O=C(O)c1cn(C/C=C/[C@H]2NCCC[C@@H]2O)c2ccc(Br)cc12. The number of aromatic nitrogens is 1. The summed E-state index contributed by atoms with van der Waals surface area (Å²) in [6.07, 6.45) is 7.05. The van der Waals surface area contributed by atoms with Crippen molar-refractivity contribution in [2.24, 2.45) is 0 Å². The fraction of sp³-hybridized carbons (Fsp3) is 0.353. The first-order valence-electron chi connectivity index (χ1n) is 7.66.